The predicted octanol–water partition coefficient (Wildman–Crippen LogP) is -0.194. The minimum absolute atomic E-state index is 0. The van der Waals surface area contributed by atoms with Crippen molar-refractivity contribution in [2.75, 3.05) is 0 Å². The van der Waals surface area contributed by atoms with E-state index in [2.05, 4.69) is 11.5 Å². The SMILES string of the molecule is [Cl-].[Cl-].[NH3+]c1cccc(Oc2c(F)c(F)c(-c3c(F)c(F)c(Oc4cccc([NH3+])c4)c(F)c3F)c(F)c2F)c1. The maximum absolute atomic E-state index is 14.8. The highest BCUT2D eigenvalue weighted by Crippen LogP contribution is 2.43. The van der Waals surface area contributed by atoms with Crippen molar-refractivity contribution in [3.05, 3.63) is 95.1 Å². The first-order valence-corrected chi connectivity index (χ1v) is 9.93. The van der Waals surface area contributed by atoms with E-state index in [1.807, 2.05) is 0 Å². The van der Waals surface area contributed by atoms with Crippen LogP contribution in [-0.4, -0.2) is 0 Å². The normalized spacial score (nSPS) is 10.5. The molecular weight excluding hydrogens is 571 g/mol. The van der Waals surface area contributed by atoms with E-state index in [-0.39, 0.29) is 36.3 Å². The Morgan fingerprint density at radius 2 is 0.737 bits per heavy atom. The van der Waals surface area contributed by atoms with Gasteiger partial charge in [0.2, 0.25) is 34.8 Å². The lowest BCUT2D eigenvalue weighted by molar-refractivity contribution is -0.255. The van der Waals surface area contributed by atoms with Gasteiger partial charge in [-0.2, -0.15) is 17.6 Å². The van der Waals surface area contributed by atoms with E-state index in [9.17, 15) is 35.1 Å². The van der Waals surface area contributed by atoms with Gasteiger partial charge in [0.25, 0.3) is 0 Å². The van der Waals surface area contributed by atoms with Crippen molar-refractivity contribution in [3.8, 4) is 34.1 Å². The molecule has 0 spiro atoms. The molecule has 0 saturated heterocycles. The van der Waals surface area contributed by atoms with E-state index >= 15 is 0 Å². The largest absolute Gasteiger partial charge is 1.00 e. The van der Waals surface area contributed by atoms with Crippen LogP contribution >= 0.6 is 0 Å². The molecule has 0 heterocycles. The van der Waals surface area contributed by atoms with Gasteiger partial charge < -0.3 is 45.8 Å². The zero-order valence-electron chi connectivity index (χ0n) is 18.6. The molecule has 202 valence electrons. The monoisotopic (exact) mass is 584 g/mol. The minimum Gasteiger partial charge on any atom is -1.00 e. The minimum atomic E-state index is -2.36. The van der Waals surface area contributed by atoms with Crippen molar-refractivity contribution in [1.82, 2.24) is 0 Å². The van der Waals surface area contributed by atoms with Crippen LogP contribution in [0.2, 0.25) is 0 Å². The van der Waals surface area contributed by atoms with E-state index in [0.717, 1.165) is 0 Å². The highest BCUT2D eigenvalue weighted by Gasteiger charge is 2.35. The summed E-state index contributed by atoms with van der Waals surface area (Å²) in [5.74, 6) is -22.0. The van der Waals surface area contributed by atoms with Crippen molar-refractivity contribution < 1.29 is 80.9 Å². The molecule has 0 radical (unpaired) electrons. The van der Waals surface area contributed by atoms with Gasteiger partial charge in [0.15, 0.2) is 23.3 Å². The van der Waals surface area contributed by atoms with Crippen LogP contribution in [0.25, 0.3) is 11.1 Å². The molecule has 0 aromatic heterocycles. The highest BCUT2D eigenvalue weighted by atomic mass is 35.5. The number of hydrogen-bond acceptors (Lipinski definition) is 2. The molecule has 4 nitrogen and oxygen atoms in total. The van der Waals surface area contributed by atoms with Gasteiger partial charge in [-0.05, 0) is 24.3 Å². The Morgan fingerprint density at radius 3 is 1.00 bits per heavy atom. The van der Waals surface area contributed by atoms with E-state index < -0.39 is 69.2 Å². The molecule has 0 atom stereocenters. The molecule has 4 rings (SSSR count). The summed E-state index contributed by atoms with van der Waals surface area (Å²) in [5, 5.41) is 0. The molecular formula is C24H14Cl2F8N2O2. The lowest BCUT2D eigenvalue weighted by atomic mass is 10.0. The van der Waals surface area contributed by atoms with Crippen LogP contribution in [0.4, 0.5) is 46.5 Å². The van der Waals surface area contributed by atoms with Crippen molar-refractivity contribution in [2.24, 2.45) is 0 Å². The second kappa shape index (κ2) is 11.9. The summed E-state index contributed by atoms with van der Waals surface area (Å²) in [6.45, 7) is 0. The molecule has 38 heavy (non-hydrogen) atoms. The number of benzene rings is 4. The second-order valence-corrected chi connectivity index (χ2v) is 7.42. The summed E-state index contributed by atoms with van der Waals surface area (Å²) in [6, 6.07) is 10.4. The molecule has 4 aromatic rings. The van der Waals surface area contributed by atoms with Crippen molar-refractivity contribution >= 4 is 11.4 Å². The Labute approximate surface area is 221 Å². The molecule has 0 aliphatic heterocycles. The summed E-state index contributed by atoms with van der Waals surface area (Å²) in [4.78, 5) is 0. The highest BCUT2D eigenvalue weighted by molar-refractivity contribution is 5.69. The Bertz CT molecular complexity index is 1350. The first-order valence-electron chi connectivity index (χ1n) is 9.93. The van der Waals surface area contributed by atoms with Crippen molar-refractivity contribution in [3.63, 3.8) is 0 Å². The Morgan fingerprint density at radius 1 is 0.447 bits per heavy atom. The van der Waals surface area contributed by atoms with Crippen LogP contribution < -0.4 is 45.8 Å². The van der Waals surface area contributed by atoms with Gasteiger partial charge in [0.1, 0.15) is 22.9 Å². The summed E-state index contributed by atoms with van der Waals surface area (Å²) in [7, 11) is 0. The van der Waals surface area contributed by atoms with Crippen LogP contribution in [0.15, 0.2) is 48.5 Å². The maximum Gasteiger partial charge on any atom is 0.205 e. The van der Waals surface area contributed by atoms with Gasteiger partial charge >= 0.3 is 0 Å². The van der Waals surface area contributed by atoms with Gasteiger partial charge in [-0.3, -0.25) is 0 Å². The molecule has 6 N–H and O–H groups in total. The smallest absolute Gasteiger partial charge is 0.205 e. The number of rotatable bonds is 5. The standard InChI is InChI=1S/C24H12F8N2O2.2ClH/c25-15-13(16(26)20(30)23(19(15)29)35-11-5-1-3-9(33)7-11)14-17(27)21(31)24(22(32)18(14)28)36-12-6-2-4-10(34)8-12;;/h1-8H,33-34H2;2*1H. The third-order valence-corrected chi connectivity index (χ3v) is 4.93. The van der Waals surface area contributed by atoms with E-state index in [1.165, 1.54) is 48.5 Å². The van der Waals surface area contributed by atoms with Gasteiger partial charge in [-0.25, -0.2) is 17.6 Å². The molecule has 0 aliphatic carbocycles. The first kappa shape index (κ1) is 30.6. The predicted molar refractivity (Wildman–Crippen MR) is 110 cm³/mol. The fourth-order valence-electron chi connectivity index (χ4n) is 3.29. The molecule has 0 aliphatic rings. The van der Waals surface area contributed by atoms with Gasteiger partial charge in [0.05, 0.1) is 11.1 Å². The molecule has 4 aromatic carbocycles. The Kier molecular flexibility index (Phi) is 9.56. The van der Waals surface area contributed by atoms with E-state index in [4.69, 9.17) is 9.47 Å². The molecule has 0 fully saturated rings. The van der Waals surface area contributed by atoms with Crippen molar-refractivity contribution in [2.45, 2.75) is 0 Å². The molecule has 0 saturated carbocycles. The van der Waals surface area contributed by atoms with Gasteiger partial charge in [0, 0.05) is 12.1 Å². The van der Waals surface area contributed by atoms with Crippen molar-refractivity contribution in [1.29, 1.82) is 0 Å². The summed E-state index contributed by atoms with van der Waals surface area (Å²) < 4.78 is 128. The van der Waals surface area contributed by atoms with Gasteiger partial charge in [-0.15, -0.1) is 0 Å². The first-order chi connectivity index (χ1) is 17.0. The van der Waals surface area contributed by atoms with E-state index in [1.54, 1.807) is 0 Å². The lowest BCUT2D eigenvalue weighted by Gasteiger charge is -2.16. The Hall–Kier alpha value is -3.58. The molecule has 0 bridgehead atoms. The third kappa shape index (κ3) is 5.48. The molecule has 14 heteroatoms. The summed E-state index contributed by atoms with van der Waals surface area (Å²) >= 11 is 0. The van der Waals surface area contributed by atoms with Crippen LogP contribution in [-0.2, 0) is 0 Å². The zero-order valence-corrected chi connectivity index (χ0v) is 20.1. The Balaban J connectivity index is 0.00000253. The van der Waals surface area contributed by atoms with Crippen LogP contribution in [0.3, 0.4) is 0 Å². The number of hydrogen-bond donors (Lipinski definition) is 2. The van der Waals surface area contributed by atoms with Crippen LogP contribution in [0, 0.1) is 46.5 Å². The lowest BCUT2D eigenvalue weighted by Crippen LogP contribution is -3.00. The average Bonchev–Trinajstić information content (AvgIpc) is 2.84. The molecule has 0 amide bonds. The number of quaternary nitrogens is 2. The fourth-order valence-corrected chi connectivity index (χ4v) is 3.29. The second-order valence-electron chi connectivity index (χ2n) is 7.42. The summed E-state index contributed by atoms with van der Waals surface area (Å²) in [5.41, 5.74) is 3.69. The maximum atomic E-state index is 14.8. The topological polar surface area (TPSA) is 73.7 Å². The van der Waals surface area contributed by atoms with Gasteiger partial charge in [-0.1, -0.05) is 12.1 Å². The summed E-state index contributed by atoms with van der Waals surface area (Å²) in [6.07, 6.45) is 0. The van der Waals surface area contributed by atoms with Crippen LogP contribution in [0.5, 0.6) is 23.0 Å². The van der Waals surface area contributed by atoms with E-state index in [0.29, 0.717) is 11.4 Å². The van der Waals surface area contributed by atoms with Crippen LogP contribution in [0.1, 0.15) is 0 Å². The zero-order chi connectivity index (χ0) is 26.3. The average molecular weight is 585 g/mol. The number of halogens is 10. The third-order valence-electron chi connectivity index (χ3n) is 4.93. The number of ether oxygens (including phenoxy) is 2. The quantitative estimate of drug-likeness (QED) is 0.252. The molecule has 0 unspecified atom stereocenters. The fraction of sp³-hybridized carbons (Fsp3) is 0.